The predicted octanol–water partition coefficient (Wildman–Crippen LogP) is 1.81. The normalized spacial score (nSPS) is 30.4. The third kappa shape index (κ3) is 3.36. The van der Waals surface area contributed by atoms with Gasteiger partial charge < -0.3 is 5.32 Å². The van der Waals surface area contributed by atoms with Crippen LogP contribution in [0.15, 0.2) is 0 Å². The average molecular weight is 228 g/mol. The Morgan fingerprint density at radius 2 is 2.27 bits per heavy atom. The van der Waals surface area contributed by atoms with E-state index in [1.807, 2.05) is 11.8 Å². The first-order valence-corrected chi connectivity index (χ1v) is 7.67. The van der Waals surface area contributed by atoms with E-state index in [4.69, 9.17) is 0 Å². The Morgan fingerprint density at radius 1 is 1.47 bits per heavy atom. The summed E-state index contributed by atoms with van der Waals surface area (Å²) in [5, 5.41) is 3.68. The van der Waals surface area contributed by atoms with E-state index in [1.165, 1.54) is 44.6 Å². The second-order valence-corrected chi connectivity index (χ2v) is 6.01. The van der Waals surface area contributed by atoms with Crippen LogP contribution in [0.1, 0.15) is 26.2 Å². The Balaban J connectivity index is 1.75. The monoisotopic (exact) mass is 228 g/mol. The van der Waals surface area contributed by atoms with E-state index in [1.54, 1.807) is 0 Å². The molecule has 0 radical (unpaired) electrons. The first-order valence-electron chi connectivity index (χ1n) is 6.27. The van der Waals surface area contributed by atoms with Crippen LogP contribution in [-0.2, 0) is 0 Å². The van der Waals surface area contributed by atoms with Crippen LogP contribution < -0.4 is 5.32 Å². The molecule has 1 saturated carbocycles. The van der Waals surface area contributed by atoms with Gasteiger partial charge in [-0.3, -0.25) is 4.90 Å². The molecule has 2 aliphatic rings. The third-order valence-electron chi connectivity index (χ3n) is 3.79. The molecule has 0 aromatic rings. The molecule has 2 rings (SSSR count). The molecule has 1 aliphatic heterocycles. The van der Waals surface area contributed by atoms with Crippen LogP contribution in [0, 0.1) is 5.92 Å². The van der Waals surface area contributed by atoms with Crippen LogP contribution in [0.2, 0.25) is 0 Å². The van der Waals surface area contributed by atoms with Gasteiger partial charge in [0.2, 0.25) is 0 Å². The molecule has 1 heterocycles. The molecule has 0 amide bonds. The highest BCUT2D eigenvalue weighted by atomic mass is 32.2. The smallest absolute Gasteiger partial charge is 0.0223 e. The van der Waals surface area contributed by atoms with Crippen LogP contribution >= 0.6 is 11.8 Å². The summed E-state index contributed by atoms with van der Waals surface area (Å²) in [4.78, 5) is 2.69. The zero-order valence-corrected chi connectivity index (χ0v) is 10.9. The van der Waals surface area contributed by atoms with Crippen molar-refractivity contribution in [3.8, 4) is 0 Å². The topological polar surface area (TPSA) is 15.3 Å². The predicted molar refractivity (Wildman–Crippen MR) is 68.5 cm³/mol. The van der Waals surface area contributed by atoms with Crippen LogP contribution in [-0.4, -0.2) is 48.6 Å². The van der Waals surface area contributed by atoms with E-state index in [9.17, 15) is 0 Å². The molecule has 88 valence electrons. The molecular weight excluding hydrogens is 204 g/mol. The Morgan fingerprint density at radius 3 is 2.93 bits per heavy atom. The maximum Gasteiger partial charge on any atom is 0.0223 e. The van der Waals surface area contributed by atoms with Crippen LogP contribution in [0.3, 0.4) is 0 Å². The Kier molecular flexibility index (Phi) is 4.35. The van der Waals surface area contributed by atoms with Crippen molar-refractivity contribution in [1.82, 2.24) is 10.2 Å². The zero-order valence-electron chi connectivity index (χ0n) is 10.0. The van der Waals surface area contributed by atoms with Gasteiger partial charge in [-0.15, -0.1) is 0 Å². The van der Waals surface area contributed by atoms with Crippen molar-refractivity contribution in [3.05, 3.63) is 0 Å². The summed E-state index contributed by atoms with van der Waals surface area (Å²) < 4.78 is 0. The first kappa shape index (κ1) is 11.7. The molecule has 0 spiro atoms. The van der Waals surface area contributed by atoms with Crippen molar-refractivity contribution in [1.29, 1.82) is 0 Å². The molecule has 0 bridgehead atoms. The molecule has 2 nitrogen and oxygen atoms in total. The Labute approximate surface area is 98.2 Å². The Bertz CT molecular complexity index is 194. The molecule has 3 heteroatoms. The van der Waals surface area contributed by atoms with Gasteiger partial charge in [0.1, 0.15) is 0 Å². The van der Waals surface area contributed by atoms with Crippen LogP contribution in [0.25, 0.3) is 0 Å². The van der Waals surface area contributed by atoms with Crippen molar-refractivity contribution < 1.29 is 0 Å². The van der Waals surface area contributed by atoms with Crippen molar-refractivity contribution in [3.63, 3.8) is 0 Å². The lowest BCUT2D eigenvalue weighted by molar-refractivity contribution is 0.142. The van der Waals surface area contributed by atoms with Gasteiger partial charge in [0.15, 0.2) is 0 Å². The maximum absolute atomic E-state index is 3.68. The second-order valence-electron chi connectivity index (χ2n) is 5.02. The zero-order chi connectivity index (χ0) is 10.7. The number of hydrogen-bond donors (Lipinski definition) is 1. The van der Waals surface area contributed by atoms with Crippen molar-refractivity contribution >= 4 is 11.8 Å². The van der Waals surface area contributed by atoms with Gasteiger partial charge in [0.05, 0.1) is 0 Å². The molecule has 1 aliphatic carbocycles. The SMILES string of the molecule is CSCCC(C)N1CCNC(C2CC2)C1. The van der Waals surface area contributed by atoms with Gasteiger partial charge >= 0.3 is 0 Å². The van der Waals surface area contributed by atoms with E-state index in [0.717, 1.165) is 18.0 Å². The first-order chi connectivity index (χ1) is 7.31. The van der Waals surface area contributed by atoms with Crippen LogP contribution in [0.5, 0.6) is 0 Å². The summed E-state index contributed by atoms with van der Waals surface area (Å²) in [6.07, 6.45) is 6.48. The molecule has 2 unspecified atom stereocenters. The largest absolute Gasteiger partial charge is 0.311 e. The molecule has 2 fully saturated rings. The van der Waals surface area contributed by atoms with Gasteiger partial charge in [-0.25, -0.2) is 0 Å². The minimum absolute atomic E-state index is 0.779. The van der Waals surface area contributed by atoms with Crippen LogP contribution in [0.4, 0.5) is 0 Å². The summed E-state index contributed by atoms with van der Waals surface area (Å²) in [7, 11) is 0. The van der Waals surface area contributed by atoms with Gasteiger partial charge in [-0.05, 0) is 44.1 Å². The number of piperazine rings is 1. The highest BCUT2D eigenvalue weighted by molar-refractivity contribution is 7.98. The third-order valence-corrected chi connectivity index (χ3v) is 4.43. The lowest BCUT2D eigenvalue weighted by Crippen LogP contribution is -2.54. The molecule has 0 aromatic heterocycles. The molecule has 15 heavy (non-hydrogen) atoms. The quantitative estimate of drug-likeness (QED) is 0.772. The molecule has 1 saturated heterocycles. The van der Waals surface area contributed by atoms with E-state index in [2.05, 4.69) is 23.4 Å². The van der Waals surface area contributed by atoms with Gasteiger partial charge in [0, 0.05) is 31.7 Å². The van der Waals surface area contributed by atoms with Gasteiger partial charge in [0.25, 0.3) is 0 Å². The van der Waals surface area contributed by atoms with Crippen molar-refractivity contribution in [2.45, 2.75) is 38.3 Å². The fourth-order valence-electron chi connectivity index (χ4n) is 2.49. The summed E-state index contributed by atoms with van der Waals surface area (Å²) in [6.45, 7) is 6.13. The average Bonchev–Trinajstić information content (AvgIpc) is 3.10. The highest BCUT2D eigenvalue weighted by Crippen LogP contribution is 2.34. The summed E-state index contributed by atoms with van der Waals surface area (Å²) in [5.74, 6) is 2.31. The lowest BCUT2D eigenvalue weighted by atomic mass is 10.1. The number of nitrogens with zero attached hydrogens (tertiary/aromatic N) is 1. The Hall–Kier alpha value is 0.270. The van der Waals surface area contributed by atoms with E-state index < -0.39 is 0 Å². The summed E-state index contributed by atoms with van der Waals surface area (Å²) in [6, 6.07) is 1.58. The van der Waals surface area contributed by atoms with Crippen molar-refractivity contribution in [2.75, 3.05) is 31.6 Å². The number of thioether (sulfide) groups is 1. The second kappa shape index (κ2) is 5.55. The number of nitrogens with one attached hydrogen (secondary N) is 1. The highest BCUT2D eigenvalue weighted by Gasteiger charge is 2.34. The van der Waals surface area contributed by atoms with E-state index >= 15 is 0 Å². The fraction of sp³-hybridized carbons (Fsp3) is 1.00. The molecule has 2 atom stereocenters. The maximum atomic E-state index is 3.68. The van der Waals surface area contributed by atoms with Gasteiger partial charge in [-0.2, -0.15) is 11.8 Å². The minimum Gasteiger partial charge on any atom is -0.311 e. The van der Waals surface area contributed by atoms with Gasteiger partial charge in [-0.1, -0.05) is 0 Å². The molecule has 0 aromatic carbocycles. The van der Waals surface area contributed by atoms with E-state index in [0.29, 0.717) is 0 Å². The lowest BCUT2D eigenvalue weighted by Gasteiger charge is -2.37. The number of rotatable bonds is 5. The molecular formula is C12H24N2S. The minimum atomic E-state index is 0.779. The standard InChI is InChI=1S/C12H24N2S/c1-10(5-8-15-2)14-7-6-13-12(9-14)11-3-4-11/h10-13H,3-9H2,1-2H3. The summed E-state index contributed by atoms with van der Waals surface area (Å²) >= 11 is 1.97. The number of hydrogen-bond acceptors (Lipinski definition) is 3. The summed E-state index contributed by atoms with van der Waals surface area (Å²) in [5.41, 5.74) is 0. The fourth-order valence-corrected chi connectivity index (χ4v) is 3.06. The van der Waals surface area contributed by atoms with E-state index in [-0.39, 0.29) is 0 Å². The van der Waals surface area contributed by atoms with Crippen molar-refractivity contribution in [2.24, 2.45) is 5.92 Å². The molecule has 1 N–H and O–H groups in total.